The Morgan fingerprint density at radius 2 is 2.00 bits per heavy atom. The van der Waals surface area contributed by atoms with Gasteiger partial charge >= 0.3 is 12.0 Å². The number of hydrogen-bond donors (Lipinski definition) is 3. The highest BCUT2D eigenvalue weighted by atomic mass is 16.7. The average molecular weight is 261 g/mol. The van der Waals surface area contributed by atoms with Gasteiger partial charge in [0.1, 0.15) is 0 Å². The molecule has 1 aliphatic rings. The molecular weight excluding hydrogens is 242 g/mol. The predicted molar refractivity (Wildman–Crippen MR) is 61.8 cm³/mol. The second kappa shape index (κ2) is 7.85. The number of aliphatic hydroxyl groups excluding tert-OH is 1. The number of amides is 2. The molecule has 1 saturated heterocycles. The van der Waals surface area contributed by atoms with E-state index in [0.717, 1.165) is 13.0 Å². The first-order chi connectivity index (χ1) is 8.63. The first kappa shape index (κ1) is 14.7. The number of urea groups is 1. The third-order valence-corrected chi connectivity index (χ3v) is 2.65. The van der Waals surface area contributed by atoms with Crippen LogP contribution in [0.3, 0.4) is 0 Å². The third-order valence-electron chi connectivity index (χ3n) is 2.65. The molecular formula is C10H19N3O5. The van der Waals surface area contributed by atoms with E-state index in [0.29, 0.717) is 26.2 Å². The monoisotopic (exact) mass is 261 g/mol. The second-order valence-corrected chi connectivity index (χ2v) is 4.00. The summed E-state index contributed by atoms with van der Waals surface area (Å²) in [7, 11) is 0. The van der Waals surface area contributed by atoms with Gasteiger partial charge in [0.15, 0.2) is 6.61 Å². The summed E-state index contributed by atoms with van der Waals surface area (Å²) in [5, 5.41) is 17.2. The van der Waals surface area contributed by atoms with E-state index in [1.54, 1.807) is 4.90 Å². The van der Waals surface area contributed by atoms with Crippen molar-refractivity contribution < 1.29 is 24.6 Å². The van der Waals surface area contributed by atoms with Crippen LogP contribution < -0.4 is 5.48 Å². The molecule has 0 aromatic heterocycles. The Kier molecular flexibility index (Phi) is 6.40. The molecule has 2 amide bonds. The highest BCUT2D eigenvalue weighted by Gasteiger charge is 2.18. The molecule has 1 heterocycles. The van der Waals surface area contributed by atoms with Crippen LogP contribution in [0, 0.1) is 0 Å². The number of aliphatic carboxylic acids is 1. The number of carbonyl (C=O) groups is 2. The molecule has 0 atom stereocenters. The molecule has 8 heteroatoms. The third kappa shape index (κ3) is 5.30. The fourth-order valence-corrected chi connectivity index (χ4v) is 1.76. The van der Waals surface area contributed by atoms with Gasteiger partial charge in [0.2, 0.25) is 0 Å². The lowest BCUT2D eigenvalue weighted by molar-refractivity contribution is -0.144. The lowest BCUT2D eigenvalue weighted by Gasteiger charge is -2.21. The summed E-state index contributed by atoms with van der Waals surface area (Å²) in [5.74, 6) is -1.14. The molecule has 0 radical (unpaired) electrons. The van der Waals surface area contributed by atoms with Crippen LogP contribution >= 0.6 is 0 Å². The van der Waals surface area contributed by atoms with Gasteiger partial charge in [-0.2, -0.15) is 0 Å². The topological polar surface area (TPSA) is 102 Å². The Hall–Kier alpha value is -1.38. The number of nitrogens with one attached hydrogen (secondary N) is 1. The number of hydrogen-bond acceptors (Lipinski definition) is 5. The molecule has 1 rings (SSSR count). The maximum absolute atomic E-state index is 11.6. The zero-order valence-electron chi connectivity index (χ0n) is 10.2. The quantitative estimate of drug-likeness (QED) is 0.532. The number of carboxylic acids is 1. The fraction of sp³-hybridized carbons (Fsp3) is 0.800. The Balaban J connectivity index is 2.28. The van der Waals surface area contributed by atoms with E-state index >= 15 is 0 Å². The smallest absolute Gasteiger partial charge is 0.341 e. The van der Waals surface area contributed by atoms with Crippen molar-refractivity contribution in [3.63, 3.8) is 0 Å². The van der Waals surface area contributed by atoms with Crippen LogP contribution in [0.2, 0.25) is 0 Å². The SMILES string of the molecule is O=C(O)CONC(=O)N1CCCN(CCO)CC1. The average Bonchev–Trinajstić information content (AvgIpc) is 2.54. The Morgan fingerprint density at radius 1 is 1.22 bits per heavy atom. The minimum atomic E-state index is -1.14. The van der Waals surface area contributed by atoms with Crippen LogP contribution in [0.15, 0.2) is 0 Å². The van der Waals surface area contributed by atoms with E-state index in [2.05, 4.69) is 15.2 Å². The van der Waals surface area contributed by atoms with Crippen LogP contribution in [-0.2, 0) is 9.63 Å². The van der Waals surface area contributed by atoms with Gasteiger partial charge in [-0.05, 0) is 13.0 Å². The molecule has 8 nitrogen and oxygen atoms in total. The lowest BCUT2D eigenvalue weighted by atomic mass is 10.4. The molecule has 0 aromatic rings. The van der Waals surface area contributed by atoms with Gasteiger partial charge in [-0.25, -0.2) is 15.1 Å². The first-order valence-electron chi connectivity index (χ1n) is 5.85. The van der Waals surface area contributed by atoms with E-state index < -0.39 is 18.6 Å². The van der Waals surface area contributed by atoms with E-state index in [4.69, 9.17) is 10.2 Å². The maximum Gasteiger partial charge on any atom is 0.341 e. The van der Waals surface area contributed by atoms with E-state index in [9.17, 15) is 9.59 Å². The van der Waals surface area contributed by atoms with Crippen molar-refractivity contribution in [3.05, 3.63) is 0 Å². The summed E-state index contributed by atoms with van der Waals surface area (Å²) in [6, 6.07) is -0.429. The van der Waals surface area contributed by atoms with Crippen LogP contribution in [0.25, 0.3) is 0 Å². The molecule has 18 heavy (non-hydrogen) atoms. The van der Waals surface area contributed by atoms with Crippen molar-refractivity contribution in [1.29, 1.82) is 0 Å². The number of aliphatic hydroxyl groups is 1. The van der Waals surface area contributed by atoms with E-state index in [-0.39, 0.29) is 6.61 Å². The fourth-order valence-electron chi connectivity index (χ4n) is 1.76. The Labute approximate surface area is 105 Å². The summed E-state index contributed by atoms with van der Waals surface area (Å²) >= 11 is 0. The number of carboxylic acid groups (broad SMARTS) is 1. The van der Waals surface area contributed by atoms with Crippen molar-refractivity contribution in [3.8, 4) is 0 Å². The van der Waals surface area contributed by atoms with E-state index in [1.807, 2.05) is 0 Å². The highest BCUT2D eigenvalue weighted by molar-refractivity contribution is 5.73. The molecule has 104 valence electrons. The van der Waals surface area contributed by atoms with Crippen LogP contribution in [0.5, 0.6) is 0 Å². The predicted octanol–water partition coefficient (Wildman–Crippen LogP) is -1.29. The molecule has 0 spiro atoms. The van der Waals surface area contributed by atoms with Gasteiger partial charge in [0.25, 0.3) is 0 Å². The zero-order valence-corrected chi connectivity index (χ0v) is 10.2. The van der Waals surface area contributed by atoms with Gasteiger partial charge in [-0.1, -0.05) is 0 Å². The normalized spacial score (nSPS) is 17.3. The molecule has 0 bridgehead atoms. The first-order valence-corrected chi connectivity index (χ1v) is 5.85. The van der Waals surface area contributed by atoms with Crippen LogP contribution in [0.4, 0.5) is 4.79 Å². The summed E-state index contributed by atoms with van der Waals surface area (Å²) in [5.41, 5.74) is 2.10. The van der Waals surface area contributed by atoms with Gasteiger partial charge in [-0.3, -0.25) is 9.74 Å². The van der Waals surface area contributed by atoms with Crippen LogP contribution in [0.1, 0.15) is 6.42 Å². The molecule has 1 aliphatic heterocycles. The number of nitrogens with zero attached hydrogens (tertiary/aromatic N) is 2. The van der Waals surface area contributed by atoms with Gasteiger partial charge in [-0.15, -0.1) is 0 Å². The summed E-state index contributed by atoms with van der Waals surface area (Å²) in [6.07, 6.45) is 0.812. The van der Waals surface area contributed by atoms with Crippen LogP contribution in [-0.4, -0.2) is 78.0 Å². The van der Waals surface area contributed by atoms with Gasteiger partial charge < -0.3 is 15.1 Å². The zero-order chi connectivity index (χ0) is 13.4. The standard InChI is InChI=1S/C10H19N3O5/c14-7-6-12-2-1-3-13(5-4-12)10(17)11-18-8-9(15)16/h14H,1-8H2,(H,11,17)(H,15,16). The van der Waals surface area contributed by atoms with Gasteiger partial charge in [0.05, 0.1) is 6.61 Å². The molecule has 3 N–H and O–H groups in total. The van der Waals surface area contributed by atoms with Crippen molar-refractivity contribution >= 4 is 12.0 Å². The maximum atomic E-state index is 11.6. The highest BCUT2D eigenvalue weighted by Crippen LogP contribution is 2.02. The van der Waals surface area contributed by atoms with Gasteiger partial charge in [0, 0.05) is 26.2 Å². The van der Waals surface area contributed by atoms with Crippen molar-refractivity contribution in [2.75, 3.05) is 45.9 Å². The van der Waals surface area contributed by atoms with Crippen molar-refractivity contribution in [2.24, 2.45) is 0 Å². The Bertz CT molecular complexity index is 287. The number of carbonyl (C=O) groups excluding carboxylic acids is 1. The Morgan fingerprint density at radius 3 is 2.67 bits per heavy atom. The molecule has 0 saturated carbocycles. The molecule has 1 fully saturated rings. The number of rotatable bonds is 5. The van der Waals surface area contributed by atoms with Crippen molar-refractivity contribution in [2.45, 2.75) is 6.42 Å². The molecule has 0 aromatic carbocycles. The lowest BCUT2D eigenvalue weighted by Crippen LogP contribution is -2.42. The number of hydroxylamine groups is 1. The number of β-amino-alcohol motifs (C(OH)–C–C–N with tert-alkyl or cyclic N) is 1. The summed E-state index contributed by atoms with van der Waals surface area (Å²) < 4.78 is 0. The summed E-state index contributed by atoms with van der Waals surface area (Å²) in [6.45, 7) is 2.79. The summed E-state index contributed by atoms with van der Waals surface area (Å²) in [4.78, 5) is 30.0. The second-order valence-electron chi connectivity index (χ2n) is 4.00. The van der Waals surface area contributed by atoms with Crippen molar-refractivity contribution in [1.82, 2.24) is 15.3 Å². The molecule has 0 aliphatic carbocycles. The van der Waals surface area contributed by atoms with E-state index in [1.165, 1.54) is 0 Å². The molecule has 0 unspecified atom stereocenters. The largest absolute Gasteiger partial charge is 0.479 e. The minimum absolute atomic E-state index is 0.105. The minimum Gasteiger partial charge on any atom is -0.479 e.